The van der Waals surface area contributed by atoms with Gasteiger partial charge in [-0.05, 0) is 25.0 Å². The average molecular weight is 296 g/mol. The summed E-state index contributed by atoms with van der Waals surface area (Å²) >= 11 is 5.85. The Bertz CT molecular complexity index is 643. The van der Waals surface area contributed by atoms with E-state index in [1.54, 1.807) is 19.1 Å². The Kier molecular flexibility index (Phi) is 3.30. The monoisotopic (exact) mass is 295 g/mol. The van der Waals surface area contributed by atoms with Gasteiger partial charge in [0.2, 0.25) is 0 Å². The number of benzene rings is 1. The van der Waals surface area contributed by atoms with Gasteiger partial charge in [0.1, 0.15) is 16.8 Å². The number of halogens is 3. The van der Waals surface area contributed by atoms with E-state index in [0.717, 1.165) is 12.5 Å². The minimum Gasteiger partial charge on any atom is -0.367 e. The van der Waals surface area contributed by atoms with Gasteiger partial charge in [-0.3, -0.25) is 0 Å². The molecule has 1 saturated carbocycles. The van der Waals surface area contributed by atoms with Crippen LogP contribution in [0, 0.1) is 18.6 Å². The summed E-state index contributed by atoms with van der Waals surface area (Å²) in [5.74, 6) is -0.450. The molecular weight excluding hydrogens is 284 g/mol. The molecule has 1 aliphatic rings. The highest BCUT2D eigenvalue weighted by molar-refractivity contribution is 6.29. The molecule has 0 spiro atoms. The molecule has 1 aromatic carbocycles. The molecule has 104 valence electrons. The zero-order chi connectivity index (χ0) is 14.3. The summed E-state index contributed by atoms with van der Waals surface area (Å²) in [6.07, 6.45) is 0.737. The summed E-state index contributed by atoms with van der Waals surface area (Å²) < 4.78 is 26.9. The van der Waals surface area contributed by atoms with Crippen LogP contribution in [0.3, 0.4) is 0 Å². The molecule has 2 atom stereocenters. The lowest BCUT2D eigenvalue weighted by molar-refractivity contribution is 0.499. The molecule has 0 bridgehead atoms. The highest BCUT2D eigenvalue weighted by Gasteiger charge is 2.40. The van der Waals surface area contributed by atoms with Crippen LogP contribution in [0.15, 0.2) is 24.3 Å². The van der Waals surface area contributed by atoms with Crippen molar-refractivity contribution in [3.05, 3.63) is 52.4 Å². The fourth-order valence-electron chi connectivity index (χ4n) is 2.30. The third kappa shape index (κ3) is 2.58. The number of nitrogens with zero attached hydrogens (tertiary/aromatic N) is 2. The molecule has 20 heavy (non-hydrogen) atoms. The largest absolute Gasteiger partial charge is 0.367 e. The molecule has 3 rings (SSSR count). The van der Waals surface area contributed by atoms with Gasteiger partial charge in [-0.2, -0.15) is 0 Å². The van der Waals surface area contributed by atoms with Gasteiger partial charge < -0.3 is 5.32 Å². The van der Waals surface area contributed by atoms with E-state index < -0.39 is 11.6 Å². The molecule has 3 nitrogen and oxygen atoms in total. The van der Waals surface area contributed by atoms with Crippen molar-refractivity contribution in [1.29, 1.82) is 0 Å². The summed E-state index contributed by atoms with van der Waals surface area (Å²) in [5.41, 5.74) is 0.402. The first-order valence-corrected chi connectivity index (χ1v) is 6.64. The van der Waals surface area contributed by atoms with Crippen LogP contribution in [0.2, 0.25) is 5.15 Å². The second kappa shape index (κ2) is 4.98. The summed E-state index contributed by atoms with van der Waals surface area (Å²) in [7, 11) is 0. The highest BCUT2D eigenvalue weighted by Crippen LogP contribution is 2.44. The molecule has 0 aliphatic heterocycles. The van der Waals surface area contributed by atoms with E-state index in [0.29, 0.717) is 22.4 Å². The number of aromatic nitrogens is 2. The zero-order valence-corrected chi connectivity index (χ0v) is 11.5. The van der Waals surface area contributed by atoms with Crippen molar-refractivity contribution in [3.63, 3.8) is 0 Å². The van der Waals surface area contributed by atoms with Gasteiger partial charge in [0, 0.05) is 18.0 Å². The molecule has 1 heterocycles. The number of aryl methyl sites for hydroxylation is 1. The van der Waals surface area contributed by atoms with Crippen LogP contribution in [0.1, 0.15) is 23.7 Å². The van der Waals surface area contributed by atoms with Crippen LogP contribution in [0.25, 0.3) is 0 Å². The van der Waals surface area contributed by atoms with Crippen molar-refractivity contribution in [2.75, 3.05) is 5.32 Å². The molecule has 0 radical (unpaired) electrons. The number of rotatable bonds is 3. The Morgan fingerprint density at radius 3 is 2.85 bits per heavy atom. The van der Waals surface area contributed by atoms with Crippen molar-refractivity contribution >= 4 is 17.4 Å². The SMILES string of the molecule is Cc1nc(Cl)cc(N[C@H]2C[C@@H]2c2cccc(F)c2F)n1. The summed E-state index contributed by atoms with van der Waals surface area (Å²) in [5, 5.41) is 3.52. The fourth-order valence-corrected chi connectivity index (χ4v) is 2.53. The second-order valence-electron chi connectivity index (χ2n) is 4.86. The minimum atomic E-state index is -0.811. The maximum atomic E-state index is 13.7. The predicted molar refractivity (Wildman–Crippen MR) is 72.9 cm³/mol. The van der Waals surface area contributed by atoms with Crippen LogP contribution in [-0.4, -0.2) is 16.0 Å². The summed E-state index contributed by atoms with van der Waals surface area (Å²) in [4.78, 5) is 8.18. The van der Waals surface area contributed by atoms with Crippen LogP contribution in [0.5, 0.6) is 0 Å². The molecule has 6 heteroatoms. The molecule has 0 saturated heterocycles. The van der Waals surface area contributed by atoms with E-state index in [9.17, 15) is 8.78 Å². The van der Waals surface area contributed by atoms with Gasteiger partial charge in [0.25, 0.3) is 0 Å². The van der Waals surface area contributed by atoms with Crippen molar-refractivity contribution in [2.45, 2.75) is 25.3 Å². The van der Waals surface area contributed by atoms with Crippen LogP contribution in [0.4, 0.5) is 14.6 Å². The third-order valence-electron chi connectivity index (χ3n) is 3.31. The molecule has 0 unspecified atom stereocenters. The second-order valence-corrected chi connectivity index (χ2v) is 5.25. The topological polar surface area (TPSA) is 37.8 Å². The molecule has 1 N–H and O–H groups in total. The van der Waals surface area contributed by atoms with E-state index in [4.69, 9.17) is 11.6 Å². The lowest BCUT2D eigenvalue weighted by atomic mass is 10.1. The average Bonchev–Trinajstić information content (AvgIpc) is 3.10. The van der Waals surface area contributed by atoms with Crippen LogP contribution < -0.4 is 5.32 Å². The Morgan fingerprint density at radius 1 is 1.30 bits per heavy atom. The first kappa shape index (κ1) is 13.2. The normalized spacial score (nSPS) is 20.8. The number of hydrogen-bond acceptors (Lipinski definition) is 3. The van der Waals surface area contributed by atoms with E-state index in [1.165, 1.54) is 6.07 Å². The number of nitrogens with one attached hydrogen (secondary N) is 1. The van der Waals surface area contributed by atoms with Gasteiger partial charge in [-0.25, -0.2) is 18.7 Å². The Labute approximate surface area is 120 Å². The van der Waals surface area contributed by atoms with E-state index >= 15 is 0 Å². The van der Waals surface area contributed by atoms with Crippen LogP contribution >= 0.6 is 11.6 Å². The van der Waals surface area contributed by atoms with E-state index in [1.807, 2.05) is 0 Å². The summed E-state index contributed by atoms with van der Waals surface area (Å²) in [6.45, 7) is 1.74. The third-order valence-corrected chi connectivity index (χ3v) is 3.50. The zero-order valence-electron chi connectivity index (χ0n) is 10.7. The maximum Gasteiger partial charge on any atom is 0.162 e. The Hall–Kier alpha value is -1.75. The molecular formula is C14H12ClF2N3. The first-order chi connectivity index (χ1) is 9.54. The van der Waals surface area contributed by atoms with Gasteiger partial charge in [0.15, 0.2) is 11.6 Å². The maximum absolute atomic E-state index is 13.7. The highest BCUT2D eigenvalue weighted by atomic mass is 35.5. The fraction of sp³-hybridized carbons (Fsp3) is 0.286. The number of anilines is 1. The molecule has 1 fully saturated rings. The van der Waals surface area contributed by atoms with Crippen molar-refractivity contribution in [2.24, 2.45) is 0 Å². The van der Waals surface area contributed by atoms with Crippen molar-refractivity contribution in [3.8, 4) is 0 Å². The van der Waals surface area contributed by atoms with Gasteiger partial charge in [0.05, 0.1) is 0 Å². The smallest absolute Gasteiger partial charge is 0.162 e. The van der Waals surface area contributed by atoms with Gasteiger partial charge >= 0.3 is 0 Å². The molecule has 2 aromatic rings. The minimum absolute atomic E-state index is 0.0386. The Morgan fingerprint density at radius 2 is 2.10 bits per heavy atom. The first-order valence-electron chi connectivity index (χ1n) is 6.26. The summed E-state index contributed by atoms with van der Waals surface area (Å²) in [6, 6.07) is 5.91. The molecule has 1 aliphatic carbocycles. The van der Waals surface area contributed by atoms with Crippen molar-refractivity contribution in [1.82, 2.24) is 9.97 Å². The van der Waals surface area contributed by atoms with Gasteiger partial charge in [-0.15, -0.1) is 0 Å². The van der Waals surface area contributed by atoms with Crippen LogP contribution in [-0.2, 0) is 0 Å². The van der Waals surface area contributed by atoms with E-state index in [2.05, 4.69) is 15.3 Å². The lowest BCUT2D eigenvalue weighted by Crippen LogP contribution is -2.08. The van der Waals surface area contributed by atoms with Crippen molar-refractivity contribution < 1.29 is 8.78 Å². The van der Waals surface area contributed by atoms with Gasteiger partial charge in [-0.1, -0.05) is 23.7 Å². The standard InChI is InChI=1S/C14H12ClF2N3/c1-7-18-12(15)6-13(19-7)20-11-5-9(11)8-3-2-4-10(16)14(8)17/h2-4,6,9,11H,5H2,1H3,(H,18,19,20)/t9-,11+/m1/s1. The quantitative estimate of drug-likeness (QED) is 0.878. The molecule has 0 amide bonds. The number of hydrogen-bond donors (Lipinski definition) is 1. The predicted octanol–water partition coefficient (Wildman–Crippen LogP) is 3.68. The lowest BCUT2D eigenvalue weighted by Gasteiger charge is -2.07. The molecule has 1 aromatic heterocycles. The Balaban J connectivity index is 1.75. The van der Waals surface area contributed by atoms with E-state index in [-0.39, 0.29) is 12.0 Å².